The third-order valence-electron chi connectivity index (χ3n) is 4.53. The van der Waals surface area contributed by atoms with Gasteiger partial charge in [-0.15, -0.1) is 0 Å². The number of carboxylic acid groups (broad SMARTS) is 1. The van der Waals surface area contributed by atoms with Crippen LogP contribution in [0.4, 0.5) is 10.1 Å². The van der Waals surface area contributed by atoms with Crippen molar-refractivity contribution >= 4 is 23.2 Å². The molecular weight excluding hydrogens is 391 g/mol. The molecule has 0 radical (unpaired) electrons. The molecule has 150 valence electrons. The van der Waals surface area contributed by atoms with Gasteiger partial charge in [0.05, 0.1) is 11.8 Å². The third-order valence-corrected chi connectivity index (χ3v) is 4.53. The molecule has 1 amide bonds. The highest BCUT2D eigenvalue weighted by atomic mass is 19.1. The van der Waals surface area contributed by atoms with Crippen molar-refractivity contribution in [1.29, 1.82) is 0 Å². The highest BCUT2D eigenvalue weighted by molar-refractivity contribution is 6.08. The monoisotopic (exact) mass is 406 g/mol. The van der Waals surface area contributed by atoms with E-state index in [9.17, 15) is 19.1 Å². The van der Waals surface area contributed by atoms with Crippen LogP contribution in [0.15, 0.2) is 60.9 Å². The summed E-state index contributed by atoms with van der Waals surface area (Å²) in [5, 5.41) is 26.2. The Labute approximate surface area is 169 Å². The Bertz CT molecular complexity index is 1290. The quantitative estimate of drug-likeness (QED) is 0.469. The first-order valence-corrected chi connectivity index (χ1v) is 8.86. The van der Waals surface area contributed by atoms with Gasteiger partial charge in [0.25, 0.3) is 5.91 Å². The number of anilines is 1. The van der Waals surface area contributed by atoms with Crippen molar-refractivity contribution < 1.29 is 24.2 Å². The van der Waals surface area contributed by atoms with E-state index in [4.69, 9.17) is 5.11 Å². The molecule has 2 heterocycles. The number of hydrogen-bond donors (Lipinski definition) is 3. The Balaban J connectivity index is 1.62. The van der Waals surface area contributed by atoms with Gasteiger partial charge in [0.1, 0.15) is 11.4 Å². The number of fused-ring (bicyclic) bond motifs is 1. The summed E-state index contributed by atoms with van der Waals surface area (Å²) in [6.07, 6.45) is 2.71. The second kappa shape index (κ2) is 7.63. The highest BCUT2D eigenvalue weighted by Gasteiger charge is 2.19. The molecule has 0 fully saturated rings. The van der Waals surface area contributed by atoms with Gasteiger partial charge in [0.15, 0.2) is 5.65 Å². The molecule has 2 aromatic carbocycles. The van der Waals surface area contributed by atoms with Gasteiger partial charge >= 0.3 is 5.97 Å². The van der Waals surface area contributed by atoms with Crippen molar-refractivity contribution in [1.82, 2.24) is 14.6 Å². The molecule has 0 aliphatic rings. The molecule has 2 aromatic heterocycles. The Morgan fingerprint density at radius 1 is 1.07 bits per heavy atom. The van der Waals surface area contributed by atoms with E-state index < -0.39 is 17.7 Å². The fraction of sp³-hybridized carbons (Fsp3) is 0.0476. The largest absolute Gasteiger partial charge is 0.493 e. The van der Waals surface area contributed by atoms with Crippen LogP contribution >= 0.6 is 0 Å². The lowest BCUT2D eigenvalue weighted by molar-refractivity contribution is 0.0696. The lowest BCUT2D eigenvalue weighted by atomic mass is 10.1. The van der Waals surface area contributed by atoms with Gasteiger partial charge < -0.3 is 15.5 Å². The van der Waals surface area contributed by atoms with E-state index >= 15 is 0 Å². The molecular formula is C21H15FN4O4. The number of nitrogens with zero attached hydrogens (tertiary/aromatic N) is 3. The number of rotatable bonds is 5. The van der Waals surface area contributed by atoms with Gasteiger partial charge in [-0.2, -0.15) is 9.61 Å². The highest BCUT2D eigenvalue weighted by Crippen LogP contribution is 2.24. The predicted molar refractivity (Wildman–Crippen MR) is 105 cm³/mol. The van der Waals surface area contributed by atoms with Crippen LogP contribution < -0.4 is 5.32 Å². The van der Waals surface area contributed by atoms with Crippen LogP contribution in [0.2, 0.25) is 0 Å². The molecule has 4 aromatic rings. The summed E-state index contributed by atoms with van der Waals surface area (Å²) in [4.78, 5) is 27.9. The number of halogens is 1. The van der Waals surface area contributed by atoms with Crippen LogP contribution in [-0.2, 0) is 6.42 Å². The van der Waals surface area contributed by atoms with Crippen LogP contribution in [0.3, 0.4) is 0 Å². The zero-order chi connectivity index (χ0) is 21.3. The standard InChI is InChI=1S/C21H15FN4O4/c22-17-7-2-1-4-12(17)8-14-10-23-18-16(11-24-26(18)20(14)28)19(27)25-15-6-3-5-13(9-15)21(29)30/h1-7,9-11,28H,8H2,(H,25,27)(H,29,30). The Morgan fingerprint density at radius 2 is 1.87 bits per heavy atom. The van der Waals surface area contributed by atoms with Crippen molar-refractivity contribution in [2.45, 2.75) is 6.42 Å². The smallest absolute Gasteiger partial charge is 0.335 e. The van der Waals surface area contributed by atoms with E-state index in [1.807, 2.05) is 0 Å². The first-order chi connectivity index (χ1) is 14.4. The van der Waals surface area contributed by atoms with Gasteiger partial charge in [-0.05, 0) is 29.8 Å². The Hall–Kier alpha value is -4.27. The number of hydrogen-bond acceptors (Lipinski definition) is 5. The minimum atomic E-state index is -1.11. The maximum absolute atomic E-state index is 13.9. The molecule has 3 N–H and O–H groups in total. The number of carboxylic acids is 1. The van der Waals surface area contributed by atoms with E-state index in [1.165, 1.54) is 36.7 Å². The van der Waals surface area contributed by atoms with Gasteiger partial charge in [-0.25, -0.2) is 14.2 Å². The molecule has 0 atom stereocenters. The van der Waals surface area contributed by atoms with Gasteiger partial charge in [-0.1, -0.05) is 24.3 Å². The van der Waals surface area contributed by atoms with Crippen LogP contribution in [0.1, 0.15) is 31.8 Å². The summed E-state index contributed by atoms with van der Waals surface area (Å²) in [5.74, 6) is -2.34. The minimum absolute atomic E-state index is 0.0289. The number of aromatic nitrogens is 3. The molecule has 8 nitrogen and oxygen atoms in total. The lowest BCUT2D eigenvalue weighted by Crippen LogP contribution is -2.12. The van der Waals surface area contributed by atoms with Crippen LogP contribution in [0, 0.1) is 5.82 Å². The van der Waals surface area contributed by atoms with E-state index in [-0.39, 0.29) is 29.1 Å². The molecule has 0 unspecified atom stereocenters. The maximum atomic E-state index is 13.9. The van der Waals surface area contributed by atoms with Gasteiger partial charge in [-0.3, -0.25) is 4.79 Å². The molecule has 0 aliphatic heterocycles. The number of benzene rings is 2. The topological polar surface area (TPSA) is 117 Å². The van der Waals surface area contributed by atoms with Gasteiger partial charge in [0.2, 0.25) is 5.88 Å². The third kappa shape index (κ3) is 3.55. The van der Waals surface area contributed by atoms with E-state index in [2.05, 4.69) is 15.4 Å². The maximum Gasteiger partial charge on any atom is 0.335 e. The van der Waals surface area contributed by atoms with Crippen molar-refractivity contribution in [3.05, 3.63) is 89.0 Å². The number of amides is 1. The minimum Gasteiger partial charge on any atom is -0.493 e. The van der Waals surface area contributed by atoms with Crippen molar-refractivity contribution in [2.24, 2.45) is 0 Å². The average molecular weight is 406 g/mol. The summed E-state index contributed by atoms with van der Waals surface area (Å²) in [6.45, 7) is 0. The van der Waals surface area contributed by atoms with Crippen molar-refractivity contribution in [2.75, 3.05) is 5.32 Å². The molecule has 4 rings (SSSR count). The molecule has 0 spiro atoms. The molecule has 0 saturated heterocycles. The first-order valence-electron chi connectivity index (χ1n) is 8.86. The summed E-state index contributed by atoms with van der Waals surface area (Å²) in [6, 6.07) is 12.0. The van der Waals surface area contributed by atoms with E-state index in [0.29, 0.717) is 16.8 Å². The van der Waals surface area contributed by atoms with E-state index in [0.717, 1.165) is 4.52 Å². The van der Waals surface area contributed by atoms with E-state index in [1.54, 1.807) is 24.3 Å². The molecule has 0 bridgehead atoms. The molecule has 9 heteroatoms. The summed E-state index contributed by atoms with van der Waals surface area (Å²) in [7, 11) is 0. The van der Waals surface area contributed by atoms with Crippen molar-refractivity contribution in [3.8, 4) is 5.88 Å². The molecule has 30 heavy (non-hydrogen) atoms. The van der Waals surface area contributed by atoms with Crippen molar-refractivity contribution in [3.63, 3.8) is 0 Å². The second-order valence-electron chi connectivity index (χ2n) is 6.51. The fourth-order valence-corrected chi connectivity index (χ4v) is 3.01. The Morgan fingerprint density at radius 3 is 2.63 bits per heavy atom. The normalized spacial score (nSPS) is 10.8. The number of nitrogens with one attached hydrogen (secondary N) is 1. The zero-order valence-corrected chi connectivity index (χ0v) is 15.4. The zero-order valence-electron chi connectivity index (χ0n) is 15.4. The summed E-state index contributed by atoms with van der Waals surface area (Å²) >= 11 is 0. The number of aromatic hydroxyl groups is 1. The van der Waals surface area contributed by atoms with Crippen LogP contribution in [-0.4, -0.2) is 36.7 Å². The predicted octanol–water partition coefficient (Wildman–Crippen LogP) is 3.12. The number of carbonyl (C=O) groups is 2. The molecule has 0 aliphatic carbocycles. The first kappa shape index (κ1) is 19.1. The molecule has 0 saturated carbocycles. The second-order valence-corrected chi connectivity index (χ2v) is 6.51. The SMILES string of the molecule is O=C(O)c1cccc(NC(=O)c2cnn3c(O)c(Cc4ccccc4F)cnc23)c1. The average Bonchev–Trinajstić information content (AvgIpc) is 3.17. The number of carbonyl (C=O) groups excluding carboxylic acids is 1. The Kier molecular flexibility index (Phi) is 4.85. The lowest BCUT2D eigenvalue weighted by Gasteiger charge is -2.08. The van der Waals surface area contributed by atoms with Crippen LogP contribution in [0.5, 0.6) is 5.88 Å². The van der Waals surface area contributed by atoms with Gasteiger partial charge in [0, 0.05) is 23.9 Å². The van der Waals surface area contributed by atoms with Crippen LogP contribution in [0.25, 0.3) is 5.65 Å². The summed E-state index contributed by atoms with van der Waals surface area (Å²) < 4.78 is 15.0. The number of aromatic carboxylic acids is 1. The summed E-state index contributed by atoms with van der Waals surface area (Å²) in [5.41, 5.74) is 1.25. The fourth-order valence-electron chi connectivity index (χ4n) is 3.01.